The molecule has 0 spiro atoms. The monoisotopic (exact) mass is 259 g/mol. The quantitative estimate of drug-likeness (QED) is 0.800. The van der Waals surface area contributed by atoms with Gasteiger partial charge in [-0.15, -0.1) is 0 Å². The second-order valence-corrected chi connectivity index (χ2v) is 4.53. The van der Waals surface area contributed by atoms with E-state index in [4.69, 9.17) is 10.5 Å². The summed E-state index contributed by atoms with van der Waals surface area (Å²) in [5.41, 5.74) is 7.29. The van der Waals surface area contributed by atoms with Crippen molar-refractivity contribution in [2.75, 3.05) is 5.73 Å². The predicted octanol–water partition coefficient (Wildman–Crippen LogP) is 4.54. The molecule has 3 heteroatoms. The summed E-state index contributed by atoms with van der Waals surface area (Å²) < 4.78 is 18.6. The number of nitrogens with two attached hydrogens (primary N) is 1. The molecule has 0 aliphatic heterocycles. The first kappa shape index (κ1) is 13.4. The number of unbranched alkanes of at least 4 members (excludes halogenated alkanes) is 1. The molecule has 0 unspecified atom stereocenters. The predicted molar refractivity (Wildman–Crippen MR) is 75.9 cm³/mol. The highest BCUT2D eigenvalue weighted by atomic mass is 19.1. The molecule has 19 heavy (non-hydrogen) atoms. The molecule has 0 aromatic heterocycles. The van der Waals surface area contributed by atoms with Gasteiger partial charge in [0.05, 0.1) is 5.69 Å². The van der Waals surface area contributed by atoms with Crippen LogP contribution in [0.2, 0.25) is 0 Å². The van der Waals surface area contributed by atoms with Crippen LogP contribution >= 0.6 is 0 Å². The highest BCUT2D eigenvalue weighted by Crippen LogP contribution is 2.28. The zero-order valence-corrected chi connectivity index (χ0v) is 11.0. The lowest BCUT2D eigenvalue weighted by atomic mass is 10.1. The zero-order chi connectivity index (χ0) is 13.7. The number of anilines is 1. The summed E-state index contributed by atoms with van der Waals surface area (Å²) in [6.45, 7) is 2.18. The minimum Gasteiger partial charge on any atom is -0.455 e. The lowest BCUT2D eigenvalue weighted by Crippen LogP contribution is -1.93. The summed E-state index contributed by atoms with van der Waals surface area (Å²) >= 11 is 0. The first-order valence-corrected chi connectivity index (χ1v) is 6.51. The molecule has 2 rings (SSSR count). The normalized spacial score (nSPS) is 10.4. The van der Waals surface area contributed by atoms with E-state index in [1.54, 1.807) is 0 Å². The third-order valence-corrected chi connectivity index (χ3v) is 2.94. The molecule has 0 radical (unpaired) electrons. The maximum Gasteiger partial charge on any atom is 0.150 e. The summed E-state index contributed by atoms with van der Waals surface area (Å²) in [4.78, 5) is 0. The van der Waals surface area contributed by atoms with E-state index in [1.165, 1.54) is 36.6 Å². The summed E-state index contributed by atoms with van der Waals surface area (Å²) in [7, 11) is 0. The molecule has 0 aliphatic rings. The molecule has 0 heterocycles. The van der Waals surface area contributed by atoms with Crippen LogP contribution in [0.15, 0.2) is 42.5 Å². The number of nitrogen functional groups attached to an aromatic ring is 1. The molecule has 2 nitrogen and oxygen atoms in total. The highest BCUT2D eigenvalue weighted by molar-refractivity contribution is 5.54. The van der Waals surface area contributed by atoms with Crippen molar-refractivity contribution in [3.05, 3.63) is 53.8 Å². The Kier molecular flexibility index (Phi) is 4.39. The zero-order valence-electron chi connectivity index (χ0n) is 11.0. The standard InChI is InChI=1S/C16H18FNO/c1-2-3-4-12-5-8-14(9-6-12)19-16-10-7-13(17)11-15(16)18/h5-11H,2-4,18H2,1H3. The van der Waals surface area contributed by atoms with Crippen molar-refractivity contribution in [1.82, 2.24) is 0 Å². The lowest BCUT2D eigenvalue weighted by molar-refractivity contribution is 0.483. The lowest BCUT2D eigenvalue weighted by Gasteiger charge is -2.09. The molecular formula is C16H18FNO. The first-order chi connectivity index (χ1) is 9.19. The third-order valence-electron chi connectivity index (χ3n) is 2.94. The van der Waals surface area contributed by atoms with Gasteiger partial charge >= 0.3 is 0 Å². The van der Waals surface area contributed by atoms with Gasteiger partial charge in [0.15, 0.2) is 5.75 Å². The number of halogens is 1. The molecule has 0 fully saturated rings. The van der Waals surface area contributed by atoms with Crippen LogP contribution < -0.4 is 10.5 Å². The molecule has 2 aromatic carbocycles. The molecule has 0 aliphatic carbocycles. The number of hydrogen-bond donors (Lipinski definition) is 1. The van der Waals surface area contributed by atoms with Crippen LogP contribution in [-0.2, 0) is 6.42 Å². The van der Waals surface area contributed by atoms with Crippen molar-refractivity contribution in [3.63, 3.8) is 0 Å². The van der Waals surface area contributed by atoms with E-state index in [9.17, 15) is 4.39 Å². The van der Waals surface area contributed by atoms with Crippen molar-refractivity contribution in [1.29, 1.82) is 0 Å². The fraction of sp³-hybridized carbons (Fsp3) is 0.250. The number of ether oxygens (including phenoxy) is 1. The van der Waals surface area contributed by atoms with Gasteiger partial charge in [0.2, 0.25) is 0 Å². The second kappa shape index (κ2) is 6.23. The fourth-order valence-corrected chi connectivity index (χ4v) is 1.84. The van der Waals surface area contributed by atoms with E-state index in [0.717, 1.165) is 6.42 Å². The Hall–Kier alpha value is -2.03. The molecule has 2 aromatic rings. The Morgan fingerprint density at radius 3 is 2.47 bits per heavy atom. The van der Waals surface area contributed by atoms with Gasteiger partial charge < -0.3 is 10.5 Å². The van der Waals surface area contributed by atoms with Crippen molar-refractivity contribution < 1.29 is 9.13 Å². The number of benzene rings is 2. The molecule has 0 bridgehead atoms. The molecule has 2 N–H and O–H groups in total. The Morgan fingerprint density at radius 2 is 1.84 bits per heavy atom. The van der Waals surface area contributed by atoms with Crippen LogP contribution in [0.1, 0.15) is 25.3 Å². The van der Waals surface area contributed by atoms with Gasteiger partial charge in [0, 0.05) is 6.07 Å². The SMILES string of the molecule is CCCCc1ccc(Oc2ccc(F)cc2N)cc1. The topological polar surface area (TPSA) is 35.2 Å². The van der Waals surface area contributed by atoms with Gasteiger partial charge in [-0.2, -0.15) is 0 Å². The van der Waals surface area contributed by atoms with Gasteiger partial charge in [-0.25, -0.2) is 4.39 Å². The maximum atomic E-state index is 12.9. The third kappa shape index (κ3) is 3.71. The smallest absolute Gasteiger partial charge is 0.150 e. The number of rotatable bonds is 5. The first-order valence-electron chi connectivity index (χ1n) is 6.51. The summed E-state index contributed by atoms with van der Waals surface area (Å²) in [5.74, 6) is 0.820. The van der Waals surface area contributed by atoms with E-state index in [1.807, 2.05) is 24.3 Å². The van der Waals surface area contributed by atoms with Crippen LogP contribution in [0.25, 0.3) is 0 Å². The second-order valence-electron chi connectivity index (χ2n) is 4.53. The van der Waals surface area contributed by atoms with Crippen molar-refractivity contribution >= 4 is 5.69 Å². The Balaban J connectivity index is 2.06. The van der Waals surface area contributed by atoms with Crippen molar-refractivity contribution in [2.45, 2.75) is 26.2 Å². The molecule has 100 valence electrons. The van der Waals surface area contributed by atoms with E-state index in [-0.39, 0.29) is 5.82 Å². The van der Waals surface area contributed by atoms with Crippen LogP contribution in [0.5, 0.6) is 11.5 Å². The van der Waals surface area contributed by atoms with Gasteiger partial charge in [0.1, 0.15) is 11.6 Å². The number of aryl methyl sites for hydroxylation is 1. The van der Waals surface area contributed by atoms with Gasteiger partial charge in [-0.1, -0.05) is 25.5 Å². The van der Waals surface area contributed by atoms with Crippen molar-refractivity contribution in [3.8, 4) is 11.5 Å². The van der Waals surface area contributed by atoms with Gasteiger partial charge in [0.25, 0.3) is 0 Å². The molecule has 0 amide bonds. The summed E-state index contributed by atoms with van der Waals surface area (Å²) in [6, 6.07) is 12.0. The van der Waals surface area contributed by atoms with Crippen molar-refractivity contribution in [2.24, 2.45) is 0 Å². The highest BCUT2D eigenvalue weighted by Gasteiger charge is 2.03. The van der Waals surface area contributed by atoms with E-state index < -0.39 is 0 Å². The van der Waals surface area contributed by atoms with E-state index in [0.29, 0.717) is 17.2 Å². The molecule has 0 atom stereocenters. The minimum absolute atomic E-state index is 0.301. The molecule has 0 saturated carbocycles. The average molecular weight is 259 g/mol. The molecule has 0 saturated heterocycles. The maximum absolute atomic E-state index is 12.9. The van der Waals surface area contributed by atoms with Gasteiger partial charge in [-0.05, 0) is 42.7 Å². The van der Waals surface area contributed by atoms with Crippen LogP contribution in [0.4, 0.5) is 10.1 Å². The summed E-state index contributed by atoms with van der Waals surface area (Å²) in [6.07, 6.45) is 3.45. The Labute approximate surface area is 113 Å². The molecular weight excluding hydrogens is 241 g/mol. The Morgan fingerprint density at radius 1 is 1.11 bits per heavy atom. The fourth-order valence-electron chi connectivity index (χ4n) is 1.84. The number of hydrogen-bond acceptors (Lipinski definition) is 2. The largest absolute Gasteiger partial charge is 0.455 e. The van der Waals surface area contributed by atoms with Crippen LogP contribution in [-0.4, -0.2) is 0 Å². The average Bonchev–Trinajstić information content (AvgIpc) is 2.41. The van der Waals surface area contributed by atoms with Crippen LogP contribution in [0.3, 0.4) is 0 Å². The minimum atomic E-state index is -0.361. The summed E-state index contributed by atoms with van der Waals surface area (Å²) in [5, 5.41) is 0. The van der Waals surface area contributed by atoms with Crippen LogP contribution in [0, 0.1) is 5.82 Å². The Bertz CT molecular complexity index is 537. The van der Waals surface area contributed by atoms with E-state index in [2.05, 4.69) is 6.92 Å². The van der Waals surface area contributed by atoms with E-state index >= 15 is 0 Å². The van der Waals surface area contributed by atoms with Gasteiger partial charge in [-0.3, -0.25) is 0 Å².